The Kier molecular flexibility index (Phi) is 6.80. The van der Waals surface area contributed by atoms with Crippen LogP contribution in [0.1, 0.15) is 26.3 Å². The van der Waals surface area contributed by atoms with Gasteiger partial charge in [0, 0.05) is 23.7 Å². The molecule has 0 saturated heterocycles. The summed E-state index contributed by atoms with van der Waals surface area (Å²) >= 11 is 0. The molecule has 2 N–H and O–H groups in total. The molecule has 0 atom stereocenters. The molecule has 0 saturated carbocycles. The van der Waals surface area contributed by atoms with E-state index in [1.54, 1.807) is 26.8 Å². The Morgan fingerprint density at radius 1 is 1.28 bits per heavy atom. The number of nitro benzene ring substituents is 1. The lowest BCUT2D eigenvalue weighted by Crippen LogP contribution is -2.49. The summed E-state index contributed by atoms with van der Waals surface area (Å²) in [6, 6.07) is 4.96. The first-order valence-electron chi connectivity index (χ1n) is 7.28. The second kappa shape index (κ2) is 8.57. The van der Waals surface area contributed by atoms with Crippen molar-refractivity contribution in [1.82, 2.24) is 10.6 Å². The summed E-state index contributed by atoms with van der Waals surface area (Å²) in [7, 11) is 0. The van der Waals surface area contributed by atoms with E-state index in [-0.39, 0.29) is 5.69 Å². The molecule has 25 heavy (non-hydrogen) atoms. The Bertz CT molecular complexity index is 706. The van der Waals surface area contributed by atoms with Crippen molar-refractivity contribution in [3.8, 4) is 0 Å². The molecule has 134 valence electrons. The number of non-ortho nitro benzene ring substituents is 1. The van der Waals surface area contributed by atoms with Gasteiger partial charge in [0.05, 0.1) is 4.92 Å². The smallest absolute Gasteiger partial charge is 0.331 e. The van der Waals surface area contributed by atoms with Crippen molar-refractivity contribution in [2.24, 2.45) is 0 Å². The van der Waals surface area contributed by atoms with Crippen molar-refractivity contribution in [2.45, 2.75) is 26.3 Å². The Morgan fingerprint density at radius 3 is 2.56 bits per heavy atom. The SMILES string of the molecule is CC(C)(C)NC(=O)NC(=O)COC(=O)/C=C/c1cccc([N+](=O)[O-])c1. The zero-order valence-corrected chi connectivity index (χ0v) is 14.1. The minimum Gasteiger partial charge on any atom is -0.452 e. The molecular formula is C16H19N3O6. The highest BCUT2D eigenvalue weighted by Crippen LogP contribution is 2.14. The van der Waals surface area contributed by atoms with Gasteiger partial charge in [-0.15, -0.1) is 0 Å². The first kappa shape index (κ1) is 19.8. The summed E-state index contributed by atoms with van der Waals surface area (Å²) < 4.78 is 4.68. The monoisotopic (exact) mass is 349 g/mol. The molecule has 0 heterocycles. The van der Waals surface area contributed by atoms with Gasteiger partial charge < -0.3 is 10.1 Å². The summed E-state index contributed by atoms with van der Waals surface area (Å²) in [5, 5.41) is 15.2. The Morgan fingerprint density at radius 2 is 1.96 bits per heavy atom. The van der Waals surface area contributed by atoms with E-state index in [1.165, 1.54) is 24.3 Å². The third-order valence-corrected chi connectivity index (χ3v) is 2.58. The number of nitro groups is 1. The van der Waals surface area contributed by atoms with Gasteiger partial charge >= 0.3 is 12.0 Å². The quantitative estimate of drug-likeness (QED) is 0.361. The van der Waals surface area contributed by atoms with Crippen LogP contribution < -0.4 is 10.6 Å². The van der Waals surface area contributed by atoms with Crippen molar-refractivity contribution in [1.29, 1.82) is 0 Å². The molecule has 9 nitrogen and oxygen atoms in total. The average molecular weight is 349 g/mol. The van der Waals surface area contributed by atoms with Gasteiger partial charge in [-0.3, -0.25) is 20.2 Å². The number of imide groups is 1. The minimum atomic E-state index is -0.821. The van der Waals surface area contributed by atoms with Crippen molar-refractivity contribution in [3.05, 3.63) is 46.0 Å². The average Bonchev–Trinajstić information content (AvgIpc) is 2.49. The molecule has 1 rings (SSSR count). The number of esters is 1. The van der Waals surface area contributed by atoms with Crippen molar-refractivity contribution in [3.63, 3.8) is 0 Å². The standard InChI is InChI=1S/C16H19N3O6/c1-16(2,3)18-15(22)17-13(20)10-25-14(21)8-7-11-5-4-6-12(9-11)19(23)24/h4-9H,10H2,1-3H3,(H2,17,18,20,22)/b8-7+. The number of carbonyl (C=O) groups excluding carboxylic acids is 3. The van der Waals surface area contributed by atoms with E-state index < -0.39 is 35.0 Å². The number of hydrogen-bond acceptors (Lipinski definition) is 6. The zero-order chi connectivity index (χ0) is 19.0. The van der Waals surface area contributed by atoms with Crippen LogP contribution in [-0.4, -0.2) is 35.0 Å². The summed E-state index contributed by atoms with van der Waals surface area (Å²) in [4.78, 5) is 44.6. The molecule has 0 aromatic heterocycles. The van der Waals surface area contributed by atoms with Crippen LogP contribution in [0.2, 0.25) is 0 Å². The van der Waals surface area contributed by atoms with E-state index in [2.05, 4.69) is 10.1 Å². The fourth-order valence-electron chi connectivity index (χ4n) is 1.63. The van der Waals surface area contributed by atoms with Crippen LogP contribution in [0.4, 0.5) is 10.5 Å². The van der Waals surface area contributed by atoms with Gasteiger partial charge in [0.25, 0.3) is 11.6 Å². The topological polar surface area (TPSA) is 128 Å². The number of carbonyl (C=O) groups is 3. The molecule has 0 fully saturated rings. The van der Waals surface area contributed by atoms with Gasteiger partial charge in [0.1, 0.15) is 0 Å². The number of amides is 3. The first-order chi connectivity index (χ1) is 11.6. The molecule has 1 aromatic carbocycles. The summed E-state index contributed by atoms with van der Waals surface area (Å²) in [5.74, 6) is -1.60. The number of hydrogen-bond donors (Lipinski definition) is 2. The number of nitrogens with zero attached hydrogens (tertiary/aromatic N) is 1. The van der Waals surface area contributed by atoms with Crippen LogP contribution in [0.15, 0.2) is 30.3 Å². The second-order valence-electron chi connectivity index (χ2n) is 6.05. The highest BCUT2D eigenvalue weighted by Gasteiger charge is 2.16. The van der Waals surface area contributed by atoms with Gasteiger partial charge in [0.15, 0.2) is 6.61 Å². The fourth-order valence-corrected chi connectivity index (χ4v) is 1.63. The van der Waals surface area contributed by atoms with E-state index in [0.717, 1.165) is 6.08 Å². The molecule has 0 aliphatic carbocycles. The maximum atomic E-state index is 11.5. The predicted molar refractivity (Wildman–Crippen MR) is 89.5 cm³/mol. The van der Waals surface area contributed by atoms with Gasteiger partial charge in [-0.2, -0.15) is 0 Å². The molecule has 3 amide bonds. The molecule has 1 aromatic rings. The molecule has 9 heteroatoms. The van der Waals surface area contributed by atoms with Crippen molar-refractivity contribution >= 4 is 29.7 Å². The Labute approximate surface area is 144 Å². The van der Waals surface area contributed by atoms with Crippen molar-refractivity contribution < 1.29 is 24.0 Å². The second-order valence-corrected chi connectivity index (χ2v) is 6.05. The zero-order valence-electron chi connectivity index (χ0n) is 14.1. The van der Waals surface area contributed by atoms with Crippen LogP contribution in [0, 0.1) is 10.1 Å². The maximum Gasteiger partial charge on any atom is 0.331 e. The molecule has 0 radical (unpaired) electrons. The third-order valence-electron chi connectivity index (χ3n) is 2.58. The van der Waals surface area contributed by atoms with Crippen LogP contribution in [0.25, 0.3) is 6.08 Å². The number of nitrogens with one attached hydrogen (secondary N) is 2. The normalized spacial score (nSPS) is 11.0. The molecule has 0 spiro atoms. The third kappa shape index (κ3) is 8.26. The van der Waals surface area contributed by atoms with E-state index in [4.69, 9.17) is 0 Å². The van der Waals surface area contributed by atoms with Crippen LogP contribution in [0.5, 0.6) is 0 Å². The molecule has 0 bridgehead atoms. The van der Waals surface area contributed by atoms with Crippen molar-refractivity contribution in [2.75, 3.05) is 6.61 Å². The highest BCUT2D eigenvalue weighted by atomic mass is 16.6. The highest BCUT2D eigenvalue weighted by molar-refractivity contribution is 5.96. The van der Waals surface area contributed by atoms with Crippen LogP contribution in [0.3, 0.4) is 0 Å². The van der Waals surface area contributed by atoms with E-state index in [9.17, 15) is 24.5 Å². The van der Waals surface area contributed by atoms with Crippen LogP contribution in [-0.2, 0) is 14.3 Å². The lowest BCUT2D eigenvalue weighted by molar-refractivity contribution is -0.384. The largest absolute Gasteiger partial charge is 0.452 e. The first-order valence-corrected chi connectivity index (χ1v) is 7.28. The Hall–Kier alpha value is -3.23. The maximum absolute atomic E-state index is 11.5. The summed E-state index contributed by atoms with van der Waals surface area (Å²) in [5.41, 5.74) is -0.192. The fraction of sp³-hybridized carbons (Fsp3) is 0.312. The lowest BCUT2D eigenvalue weighted by atomic mass is 10.1. The number of rotatable bonds is 5. The number of urea groups is 1. The van der Waals surface area contributed by atoms with Gasteiger partial charge in [-0.05, 0) is 32.4 Å². The van der Waals surface area contributed by atoms with E-state index in [0.29, 0.717) is 5.56 Å². The summed E-state index contributed by atoms with van der Waals surface area (Å²) in [6.07, 6.45) is 2.35. The molecular weight excluding hydrogens is 330 g/mol. The minimum absolute atomic E-state index is 0.111. The van der Waals surface area contributed by atoms with Gasteiger partial charge in [0.2, 0.25) is 0 Å². The predicted octanol–water partition coefficient (Wildman–Crippen LogP) is 1.78. The Balaban J connectivity index is 2.46. The van der Waals surface area contributed by atoms with E-state index in [1.807, 2.05) is 5.32 Å². The molecule has 0 aliphatic heterocycles. The molecule has 0 aliphatic rings. The molecule has 0 unspecified atom stereocenters. The van der Waals surface area contributed by atoms with Gasteiger partial charge in [-0.1, -0.05) is 12.1 Å². The lowest BCUT2D eigenvalue weighted by Gasteiger charge is -2.20. The number of benzene rings is 1. The van der Waals surface area contributed by atoms with E-state index >= 15 is 0 Å². The summed E-state index contributed by atoms with van der Waals surface area (Å²) in [6.45, 7) is 4.61. The van der Waals surface area contributed by atoms with Crippen LogP contribution >= 0.6 is 0 Å². The number of ether oxygens (including phenoxy) is 1. The van der Waals surface area contributed by atoms with Gasteiger partial charge in [-0.25, -0.2) is 9.59 Å².